The lowest BCUT2D eigenvalue weighted by Gasteiger charge is -2.22. The number of allylic oxidation sites excluding steroid dienone is 1. The van der Waals surface area contributed by atoms with Gasteiger partial charge in [0.1, 0.15) is 17.7 Å². The van der Waals surface area contributed by atoms with Gasteiger partial charge in [0.05, 0.1) is 5.71 Å². The first-order valence-corrected chi connectivity index (χ1v) is 4.79. The molecule has 0 aliphatic carbocycles. The maximum Gasteiger partial charge on any atom is 0.204 e. The Labute approximate surface area is 84.1 Å². The SMILES string of the molecule is CCCN=C1CC(C)OC(N)=C1C#N. The summed E-state index contributed by atoms with van der Waals surface area (Å²) in [6.07, 6.45) is 1.66. The van der Waals surface area contributed by atoms with E-state index in [4.69, 9.17) is 15.7 Å². The average molecular weight is 193 g/mol. The molecule has 0 saturated carbocycles. The minimum Gasteiger partial charge on any atom is -0.475 e. The number of nitrogens with two attached hydrogens (primary N) is 1. The predicted molar refractivity (Wildman–Crippen MR) is 54.6 cm³/mol. The van der Waals surface area contributed by atoms with Gasteiger partial charge in [-0.25, -0.2) is 0 Å². The zero-order valence-electron chi connectivity index (χ0n) is 8.58. The van der Waals surface area contributed by atoms with Crippen LogP contribution in [0.5, 0.6) is 0 Å². The van der Waals surface area contributed by atoms with Gasteiger partial charge in [-0.2, -0.15) is 5.26 Å². The molecule has 14 heavy (non-hydrogen) atoms. The fraction of sp³-hybridized carbons (Fsp3) is 0.600. The standard InChI is InChI=1S/C10H15N3O/c1-3-4-13-9-5-7(2)14-10(12)8(9)6-11/h7H,3-5,12H2,1-2H3. The maximum absolute atomic E-state index is 8.87. The van der Waals surface area contributed by atoms with Crippen molar-refractivity contribution in [2.75, 3.05) is 6.54 Å². The Kier molecular flexibility index (Phi) is 3.52. The second-order valence-electron chi connectivity index (χ2n) is 3.31. The summed E-state index contributed by atoms with van der Waals surface area (Å²) >= 11 is 0. The zero-order chi connectivity index (χ0) is 10.6. The third-order valence-corrected chi connectivity index (χ3v) is 1.98. The minimum atomic E-state index is 0.0164. The van der Waals surface area contributed by atoms with Crippen LogP contribution in [0, 0.1) is 11.3 Å². The number of nitriles is 1. The molecule has 0 fully saturated rings. The first-order chi connectivity index (χ1) is 6.69. The van der Waals surface area contributed by atoms with Crippen molar-refractivity contribution in [3.05, 3.63) is 11.5 Å². The van der Waals surface area contributed by atoms with E-state index >= 15 is 0 Å². The number of rotatable bonds is 2. The van der Waals surface area contributed by atoms with E-state index in [0.717, 1.165) is 18.7 Å². The van der Waals surface area contributed by atoms with E-state index in [1.54, 1.807) is 0 Å². The van der Waals surface area contributed by atoms with Gasteiger partial charge in [-0.05, 0) is 13.3 Å². The highest BCUT2D eigenvalue weighted by atomic mass is 16.5. The van der Waals surface area contributed by atoms with Crippen LogP contribution in [-0.2, 0) is 4.74 Å². The van der Waals surface area contributed by atoms with Gasteiger partial charge in [-0.1, -0.05) is 6.92 Å². The van der Waals surface area contributed by atoms with Gasteiger partial charge >= 0.3 is 0 Å². The molecular formula is C10H15N3O. The Hall–Kier alpha value is -1.50. The molecule has 1 unspecified atom stereocenters. The molecular weight excluding hydrogens is 178 g/mol. The molecule has 0 saturated heterocycles. The molecule has 0 radical (unpaired) electrons. The molecule has 0 spiro atoms. The first kappa shape index (κ1) is 10.6. The molecule has 2 N–H and O–H groups in total. The summed E-state index contributed by atoms with van der Waals surface area (Å²) in [7, 11) is 0. The van der Waals surface area contributed by atoms with Crippen LogP contribution < -0.4 is 5.73 Å². The molecule has 0 aromatic carbocycles. The van der Waals surface area contributed by atoms with Crippen LogP contribution >= 0.6 is 0 Å². The van der Waals surface area contributed by atoms with E-state index in [1.807, 2.05) is 19.9 Å². The molecule has 1 aliphatic rings. The van der Waals surface area contributed by atoms with Crippen molar-refractivity contribution >= 4 is 5.71 Å². The van der Waals surface area contributed by atoms with Crippen molar-refractivity contribution in [3.63, 3.8) is 0 Å². The fourth-order valence-electron chi connectivity index (χ4n) is 1.34. The summed E-state index contributed by atoms with van der Waals surface area (Å²) in [5.74, 6) is 0.209. The van der Waals surface area contributed by atoms with E-state index in [9.17, 15) is 0 Å². The van der Waals surface area contributed by atoms with Crippen molar-refractivity contribution < 1.29 is 4.74 Å². The largest absolute Gasteiger partial charge is 0.475 e. The molecule has 0 bridgehead atoms. The maximum atomic E-state index is 8.87. The number of aliphatic imine (C=N–C) groups is 1. The van der Waals surface area contributed by atoms with Crippen LogP contribution in [-0.4, -0.2) is 18.4 Å². The molecule has 1 rings (SSSR count). The fourth-order valence-corrected chi connectivity index (χ4v) is 1.34. The summed E-state index contributed by atoms with van der Waals surface area (Å²) in [4.78, 5) is 4.33. The summed E-state index contributed by atoms with van der Waals surface area (Å²) in [5.41, 5.74) is 6.78. The Morgan fingerprint density at radius 3 is 3.00 bits per heavy atom. The topological polar surface area (TPSA) is 71.4 Å². The van der Waals surface area contributed by atoms with E-state index < -0.39 is 0 Å². The van der Waals surface area contributed by atoms with Crippen molar-refractivity contribution in [2.24, 2.45) is 10.7 Å². The number of nitrogens with zero attached hydrogens (tertiary/aromatic N) is 2. The monoisotopic (exact) mass is 193 g/mol. The number of hydrogen-bond acceptors (Lipinski definition) is 4. The highest BCUT2D eigenvalue weighted by Crippen LogP contribution is 2.18. The summed E-state index contributed by atoms with van der Waals surface area (Å²) in [6.45, 7) is 4.70. The third kappa shape index (κ3) is 2.25. The minimum absolute atomic E-state index is 0.0164. The molecule has 0 aromatic rings. The Morgan fingerprint density at radius 2 is 2.43 bits per heavy atom. The Bertz CT molecular complexity index is 312. The molecule has 1 aliphatic heterocycles. The van der Waals surface area contributed by atoms with Gasteiger partial charge in [-0.3, -0.25) is 4.99 Å². The van der Waals surface area contributed by atoms with E-state index in [-0.39, 0.29) is 12.0 Å². The molecule has 0 aromatic heterocycles. The van der Waals surface area contributed by atoms with Gasteiger partial charge in [-0.15, -0.1) is 0 Å². The zero-order valence-corrected chi connectivity index (χ0v) is 8.58. The molecule has 1 atom stereocenters. The predicted octanol–water partition coefficient (Wildman–Crippen LogP) is 1.34. The van der Waals surface area contributed by atoms with Crippen LogP contribution in [0.1, 0.15) is 26.7 Å². The second-order valence-corrected chi connectivity index (χ2v) is 3.31. The normalized spacial score (nSPS) is 24.6. The smallest absolute Gasteiger partial charge is 0.204 e. The summed E-state index contributed by atoms with van der Waals surface area (Å²) < 4.78 is 5.25. The lowest BCUT2D eigenvalue weighted by atomic mass is 10.0. The highest BCUT2D eigenvalue weighted by molar-refractivity contribution is 6.04. The molecule has 1 heterocycles. The Balaban J connectivity index is 2.93. The summed E-state index contributed by atoms with van der Waals surface area (Å²) in [6, 6.07) is 2.03. The van der Waals surface area contributed by atoms with E-state index in [0.29, 0.717) is 12.0 Å². The van der Waals surface area contributed by atoms with E-state index in [1.165, 1.54) is 0 Å². The molecule has 4 nitrogen and oxygen atoms in total. The van der Waals surface area contributed by atoms with Gasteiger partial charge in [0.2, 0.25) is 5.88 Å². The molecule has 76 valence electrons. The first-order valence-electron chi connectivity index (χ1n) is 4.79. The van der Waals surface area contributed by atoms with Crippen molar-refractivity contribution in [2.45, 2.75) is 32.8 Å². The van der Waals surface area contributed by atoms with Gasteiger partial charge in [0.25, 0.3) is 0 Å². The lowest BCUT2D eigenvalue weighted by molar-refractivity contribution is 0.128. The summed E-state index contributed by atoms with van der Waals surface area (Å²) in [5, 5.41) is 8.87. The van der Waals surface area contributed by atoms with Crippen LogP contribution in [0.25, 0.3) is 0 Å². The van der Waals surface area contributed by atoms with E-state index in [2.05, 4.69) is 4.99 Å². The lowest BCUT2D eigenvalue weighted by Crippen LogP contribution is -2.27. The van der Waals surface area contributed by atoms with Gasteiger partial charge in [0.15, 0.2) is 0 Å². The molecule has 0 amide bonds. The average Bonchev–Trinajstić information content (AvgIpc) is 2.14. The van der Waals surface area contributed by atoms with Crippen molar-refractivity contribution in [3.8, 4) is 6.07 Å². The van der Waals surface area contributed by atoms with Crippen LogP contribution in [0.15, 0.2) is 16.4 Å². The number of ether oxygens (including phenoxy) is 1. The van der Waals surface area contributed by atoms with Gasteiger partial charge in [0, 0.05) is 13.0 Å². The number of hydrogen-bond donors (Lipinski definition) is 1. The van der Waals surface area contributed by atoms with Crippen LogP contribution in [0.4, 0.5) is 0 Å². The highest BCUT2D eigenvalue weighted by Gasteiger charge is 2.22. The van der Waals surface area contributed by atoms with Crippen LogP contribution in [0.3, 0.4) is 0 Å². The quantitative estimate of drug-likeness (QED) is 0.719. The van der Waals surface area contributed by atoms with Crippen molar-refractivity contribution in [1.82, 2.24) is 0 Å². The Morgan fingerprint density at radius 1 is 1.71 bits per heavy atom. The van der Waals surface area contributed by atoms with Crippen LogP contribution in [0.2, 0.25) is 0 Å². The third-order valence-electron chi connectivity index (χ3n) is 1.98. The molecule has 4 heteroatoms. The second kappa shape index (κ2) is 4.66. The van der Waals surface area contributed by atoms with Crippen molar-refractivity contribution in [1.29, 1.82) is 5.26 Å². The van der Waals surface area contributed by atoms with Gasteiger partial charge < -0.3 is 10.5 Å².